The van der Waals surface area contributed by atoms with E-state index in [4.69, 9.17) is 0 Å². The van der Waals surface area contributed by atoms with Crippen LogP contribution in [0.2, 0.25) is 0 Å². The lowest BCUT2D eigenvalue weighted by atomic mass is 9.78. The van der Waals surface area contributed by atoms with Gasteiger partial charge in [-0.05, 0) is 49.9 Å². The van der Waals surface area contributed by atoms with E-state index < -0.39 is 0 Å². The van der Waals surface area contributed by atoms with Crippen molar-refractivity contribution in [2.45, 2.75) is 84.8 Å². The van der Waals surface area contributed by atoms with Crippen LogP contribution in [0.15, 0.2) is 0 Å². The van der Waals surface area contributed by atoms with Gasteiger partial charge in [0.25, 0.3) is 0 Å². The van der Waals surface area contributed by atoms with Gasteiger partial charge in [-0.15, -0.1) is 0 Å². The molecule has 1 saturated carbocycles. The minimum Gasteiger partial charge on any atom is -0.311 e. The van der Waals surface area contributed by atoms with Crippen LogP contribution < -0.4 is 5.32 Å². The highest BCUT2D eigenvalue weighted by atomic mass is 15.3. The lowest BCUT2D eigenvalue weighted by molar-refractivity contribution is 0.0213. The molecule has 5 atom stereocenters. The molecule has 118 valence electrons. The van der Waals surface area contributed by atoms with E-state index in [-0.39, 0.29) is 0 Å². The van der Waals surface area contributed by atoms with Crippen molar-refractivity contribution in [3.8, 4) is 0 Å². The topological polar surface area (TPSA) is 15.3 Å². The second-order valence-corrected chi connectivity index (χ2v) is 7.96. The van der Waals surface area contributed by atoms with Gasteiger partial charge in [0, 0.05) is 31.2 Å². The summed E-state index contributed by atoms with van der Waals surface area (Å²) < 4.78 is 0. The Morgan fingerprint density at radius 1 is 1.20 bits per heavy atom. The van der Waals surface area contributed by atoms with Crippen molar-refractivity contribution in [2.24, 2.45) is 17.8 Å². The van der Waals surface area contributed by atoms with Gasteiger partial charge in [0.15, 0.2) is 0 Å². The largest absolute Gasteiger partial charge is 0.311 e. The predicted molar refractivity (Wildman–Crippen MR) is 88.0 cm³/mol. The van der Waals surface area contributed by atoms with Crippen molar-refractivity contribution in [1.82, 2.24) is 10.2 Å². The van der Waals surface area contributed by atoms with Gasteiger partial charge in [-0.2, -0.15) is 0 Å². The van der Waals surface area contributed by atoms with Gasteiger partial charge in [-0.1, -0.05) is 34.6 Å². The van der Waals surface area contributed by atoms with Crippen LogP contribution in [-0.2, 0) is 0 Å². The Labute approximate surface area is 126 Å². The summed E-state index contributed by atoms with van der Waals surface area (Å²) in [5.41, 5.74) is 0. The van der Waals surface area contributed by atoms with Gasteiger partial charge < -0.3 is 5.32 Å². The molecule has 1 aliphatic heterocycles. The maximum atomic E-state index is 3.80. The van der Waals surface area contributed by atoms with E-state index in [1.54, 1.807) is 0 Å². The molecule has 1 aliphatic carbocycles. The first-order valence-electron chi connectivity index (χ1n) is 9.00. The summed E-state index contributed by atoms with van der Waals surface area (Å²) in [5, 5.41) is 3.80. The summed E-state index contributed by atoms with van der Waals surface area (Å²) in [6.07, 6.45) is 6.90. The van der Waals surface area contributed by atoms with Gasteiger partial charge in [0.1, 0.15) is 0 Å². The summed E-state index contributed by atoms with van der Waals surface area (Å²) >= 11 is 0. The molecule has 0 amide bonds. The summed E-state index contributed by atoms with van der Waals surface area (Å²) in [5.74, 6) is 2.62. The molecule has 2 fully saturated rings. The molecule has 2 rings (SSSR count). The van der Waals surface area contributed by atoms with Gasteiger partial charge in [-0.25, -0.2) is 0 Å². The van der Waals surface area contributed by atoms with E-state index in [1.807, 2.05) is 0 Å². The zero-order valence-electron chi connectivity index (χ0n) is 14.4. The Hall–Kier alpha value is -0.0800. The Morgan fingerprint density at radius 2 is 1.95 bits per heavy atom. The number of hydrogen-bond donors (Lipinski definition) is 1. The van der Waals surface area contributed by atoms with Crippen molar-refractivity contribution in [1.29, 1.82) is 0 Å². The van der Waals surface area contributed by atoms with Crippen LogP contribution in [0.4, 0.5) is 0 Å². The second kappa shape index (κ2) is 7.26. The Balaban J connectivity index is 2.01. The minimum atomic E-state index is 0.712. The van der Waals surface area contributed by atoms with Gasteiger partial charge >= 0.3 is 0 Å². The fourth-order valence-electron chi connectivity index (χ4n) is 4.54. The molecule has 20 heavy (non-hydrogen) atoms. The first kappa shape index (κ1) is 16.3. The zero-order valence-corrected chi connectivity index (χ0v) is 14.4. The van der Waals surface area contributed by atoms with Gasteiger partial charge in [0.05, 0.1) is 0 Å². The summed E-state index contributed by atoms with van der Waals surface area (Å²) in [7, 11) is 0. The van der Waals surface area contributed by atoms with Gasteiger partial charge in [0.2, 0.25) is 0 Å². The van der Waals surface area contributed by atoms with Crippen molar-refractivity contribution in [3.05, 3.63) is 0 Å². The fourth-order valence-corrected chi connectivity index (χ4v) is 4.54. The highest BCUT2D eigenvalue weighted by Crippen LogP contribution is 2.34. The smallest absolute Gasteiger partial charge is 0.0221 e. The third-order valence-electron chi connectivity index (χ3n) is 5.58. The van der Waals surface area contributed by atoms with Crippen molar-refractivity contribution in [2.75, 3.05) is 13.1 Å². The predicted octanol–water partition coefficient (Wildman–Crippen LogP) is 3.91. The van der Waals surface area contributed by atoms with E-state index in [2.05, 4.69) is 44.8 Å². The summed E-state index contributed by atoms with van der Waals surface area (Å²) in [6, 6.07) is 2.32. The van der Waals surface area contributed by atoms with E-state index in [1.165, 1.54) is 45.2 Å². The van der Waals surface area contributed by atoms with Crippen LogP contribution >= 0.6 is 0 Å². The lowest BCUT2D eigenvalue weighted by Crippen LogP contribution is -2.61. The monoisotopic (exact) mass is 280 g/mol. The standard InChI is InChI=1S/C18H36N2/c1-6-17-11-19-16(9-13(2)3)12-20(17)18-8-7-14(4)10-15(18)5/h13-19H,6-12H2,1-5H3. The number of nitrogens with zero attached hydrogens (tertiary/aromatic N) is 1. The molecule has 1 heterocycles. The Morgan fingerprint density at radius 3 is 2.55 bits per heavy atom. The molecule has 1 saturated heterocycles. The molecular formula is C18H36N2. The van der Waals surface area contributed by atoms with Gasteiger partial charge in [-0.3, -0.25) is 4.90 Å². The SMILES string of the molecule is CCC1CNC(CC(C)C)CN1C1CCC(C)CC1C. The maximum absolute atomic E-state index is 3.80. The molecule has 2 aliphatic rings. The zero-order chi connectivity index (χ0) is 14.7. The molecule has 0 bridgehead atoms. The van der Waals surface area contributed by atoms with Crippen LogP contribution in [-0.4, -0.2) is 36.1 Å². The number of piperazine rings is 1. The molecular weight excluding hydrogens is 244 g/mol. The fraction of sp³-hybridized carbons (Fsp3) is 1.00. The minimum absolute atomic E-state index is 0.712. The first-order valence-corrected chi connectivity index (χ1v) is 9.00. The highest BCUT2D eigenvalue weighted by Gasteiger charge is 2.36. The van der Waals surface area contributed by atoms with E-state index in [0.29, 0.717) is 6.04 Å². The first-order chi connectivity index (χ1) is 9.51. The van der Waals surface area contributed by atoms with Crippen molar-refractivity contribution in [3.63, 3.8) is 0 Å². The second-order valence-electron chi connectivity index (χ2n) is 7.96. The average molecular weight is 280 g/mol. The quantitative estimate of drug-likeness (QED) is 0.840. The van der Waals surface area contributed by atoms with Crippen molar-refractivity contribution < 1.29 is 0 Å². The third-order valence-corrected chi connectivity index (χ3v) is 5.58. The molecule has 5 unspecified atom stereocenters. The highest BCUT2D eigenvalue weighted by molar-refractivity contribution is 4.93. The molecule has 0 aromatic rings. The number of nitrogens with one attached hydrogen (secondary N) is 1. The molecule has 1 N–H and O–H groups in total. The molecule has 0 radical (unpaired) electrons. The van der Waals surface area contributed by atoms with Crippen LogP contribution in [0.3, 0.4) is 0 Å². The third kappa shape index (κ3) is 3.98. The normalized spacial score (nSPS) is 40.2. The number of hydrogen-bond acceptors (Lipinski definition) is 2. The summed E-state index contributed by atoms with van der Waals surface area (Å²) in [6.45, 7) is 14.5. The van der Waals surface area contributed by atoms with E-state index >= 15 is 0 Å². The average Bonchev–Trinajstić information content (AvgIpc) is 2.38. The lowest BCUT2D eigenvalue weighted by Gasteiger charge is -2.49. The Kier molecular flexibility index (Phi) is 5.92. The van der Waals surface area contributed by atoms with E-state index in [0.717, 1.165) is 29.8 Å². The summed E-state index contributed by atoms with van der Waals surface area (Å²) in [4.78, 5) is 2.89. The van der Waals surface area contributed by atoms with Crippen LogP contribution in [0.25, 0.3) is 0 Å². The Bertz CT molecular complexity index is 289. The molecule has 2 nitrogen and oxygen atoms in total. The van der Waals surface area contributed by atoms with Crippen LogP contribution in [0, 0.1) is 17.8 Å². The molecule has 0 aromatic carbocycles. The molecule has 0 aromatic heterocycles. The van der Waals surface area contributed by atoms with Crippen molar-refractivity contribution >= 4 is 0 Å². The van der Waals surface area contributed by atoms with Crippen LogP contribution in [0.5, 0.6) is 0 Å². The maximum Gasteiger partial charge on any atom is 0.0221 e. The molecule has 0 spiro atoms. The number of rotatable bonds is 4. The van der Waals surface area contributed by atoms with Crippen LogP contribution in [0.1, 0.15) is 66.7 Å². The molecule has 2 heteroatoms. The van der Waals surface area contributed by atoms with E-state index in [9.17, 15) is 0 Å².